The number of nitrogens with one attached hydrogen (secondary N) is 1. The average molecular weight is 336 g/mol. The van der Waals surface area contributed by atoms with Crippen LogP contribution in [0.1, 0.15) is 20.3 Å². The summed E-state index contributed by atoms with van der Waals surface area (Å²) >= 11 is 1.59. The number of piperazine rings is 1. The van der Waals surface area contributed by atoms with Crippen LogP contribution in [0.3, 0.4) is 0 Å². The van der Waals surface area contributed by atoms with Crippen molar-refractivity contribution in [1.82, 2.24) is 10.2 Å². The zero-order valence-corrected chi connectivity index (χ0v) is 15.3. The molecule has 0 bridgehead atoms. The zero-order valence-electron chi connectivity index (χ0n) is 14.5. The van der Waals surface area contributed by atoms with Gasteiger partial charge >= 0.3 is 0 Å². The van der Waals surface area contributed by atoms with E-state index in [9.17, 15) is 4.79 Å². The molecule has 0 radical (unpaired) electrons. The van der Waals surface area contributed by atoms with E-state index in [1.165, 1.54) is 5.69 Å². The van der Waals surface area contributed by atoms with Crippen LogP contribution in [0.25, 0.3) is 0 Å². The summed E-state index contributed by atoms with van der Waals surface area (Å²) in [6.45, 7) is 9.45. The fourth-order valence-electron chi connectivity index (χ4n) is 2.78. The van der Waals surface area contributed by atoms with Crippen molar-refractivity contribution in [3.8, 4) is 0 Å². The van der Waals surface area contributed by atoms with Crippen LogP contribution in [-0.4, -0.2) is 61.1 Å². The molecule has 0 spiro atoms. The molecule has 1 fully saturated rings. The molecule has 0 aromatic heterocycles. The predicted octanol–water partition coefficient (Wildman–Crippen LogP) is 2.45. The van der Waals surface area contributed by atoms with Gasteiger partial charge in [0.25, 0.3) is 0 Å². The summed E-state index contributed by atoms with van der Waals surface area (Å²) in [4.78, 5) is 16.8. The van der Waals surface area contributed by atoms with Crippen molar-refractivity contribution in [3.63, 3.8) is 0 Å². The van der Waals surface area contributed by atoms with E-state index >= 15 is 0 Å². The lowest BCUT2D eigenvalue weighted by molar-refractivity contribution is -0.120. The van der Waals surface area contributed by atoms with Gasteiger partial charge in [0.1, 0.15) is 0 Å². The molecule has 1 aromatic carbocycles. The Labute approximate surface area is 144 Å². The molecule has 23 heavy (non-hydrogen) atoms. The monoisotopic (exact) mass is 335 g/mol. The van der Waals surface area contributed by atoms with Crippen LogP contribution in [0, 0.1) is 0 Å². The number of anilines is 1. The minimum absolute atomic E-state index is 0.0341. The number of carbonyl (C=O) groups excluding carboxylic acids is 1. The molecule has 4 nitrogen and oxygen atoms in total. The van der Waals surface area contributed by atoms with Crippen molar-refractivity contribution in [3.05, 3.63) is 30.3 Å². The second kappa shape index (κ2) is 9.18. The molecule has 1 amide bonds. The molecule has 1 saturated heterocycles. The van der Waals surface area contributed by atoms with Gasteiger partial charge in [0.15, 0.2) is 0 Å². The highest BCUT2D eigenvalue weighted by Crippen LogP contribution is 2.15. The number of para-hydroxylation sites is 1. The van der Waals surface area contributed by atoms with Gasteiger partial charge in [-0.15, -0.1) is 0 Å². The molecule has 1 heterocycles. The number of benzene rings is 1. The van der Waals surface area contributed by atoms with Crippen LogP contribution in [0.15, 0.2) is 30.3 Å². The minimum atomic E-state index is 0.0341. The van der Waals surface area contributed by atoms with Crippen LogP contribution in [-0.2, 0) is 4.79 Å². The molecule has 0 aliphatic carbocycles. The maximum atomic E-state index is 11.9. The third kappa shape index (κ3) is 5.74. The third-order valence-corrected chi connectivity index (χ3v) is 5.40. The highest BCUT2D eigenvalue weighted by Gasteiger charge is 2.18. The first-order valence-corrected chi connectivity index (χ1v) is 9.74. The molecule has 1 N–H and O–H groups in total. The molecule has 2 rings (SSSR count). The van der Waals surface area contributed by atoms with Crippen LogP contribution in [0.2, 0.25) is 0 Å². The Morgan fingerprint density at radius 3 is 2.43 bits per heavy atom. The van der Waals surface area contributed by atoms with Gasteiger partial charge in [-0.25, -0.2) is 0 Å². The Bertz CT molecular complexity index is 474. The highest BCUT2D eigenvalue weighted by atomic mass is 32.2. The van der Waals surface area contributed by atoms with Crippen molar-refractivity contribution in [1.29, 1.82) is 0 Å². The molecule has 5 heteroatoms. The maximum Gasteiger partial charge on any atom is 0.233 e. The molecular weight excluding hydrogens is 306 g/mol. The molecule has 2 atom stereocenters. The highest BCUT2D eigenvalue weighted by molar-refractivity contribution is 7.99. The Morgan fingerprint density at radius 2 is 1.83 bits per heavy atom. The van der Waals surface area contributed by atoms with Gasteiger partial charge in [-0.3, -0.25) is 9.69 Å². The van der Waals surface area contributed by atoms with Gasteiger partial charge < -0.3 is 10.2 Å². The standard InChI is InChI=1S/C18H29N3OS/c1-15(19-18(22)16(2)23-3)9-10-20-11-13-21(14-12-20)17-7-5-4-6-8-17/h4-8,15-16H,9-14H2,1-3H3,(H,19,22). The summed E-state index contributed by atoms with van der Waals surface area (Å²) in [6.07, 6.45) is 2.99. The quantitative estimate of drug-likeness (QED) is 0.830. The van der Waals surface area contributed by atoms with E-state index in [1.54, 1.807) is 11.8 Å². The normalized spacial score (nSPS) is 18.5. The number of carbonyl (C=O) groups is 1. The van der Waals surface area contributed by atoms with Gasteiger partial charge in [0, 0.05) is 44.5 Å². The molecule has 2 unspecified atom stereocenters. The fraction of sp³-hybridized carbons (Fsp3) is 0.611. The number of rotatable bonds is 7. The second-order valence-electron chi connectivity index (χ2n) is 6.24. The first-order chi connectivity index (χ1) is 11.1. The molecule has 1 aliphatic heterocycles. The van der Waals surface area contributed by atoms with Crippen molar-refractivity contribution in [2.45, 2.75) is 31.6 Å². The van der Waals surface area contributed by atoms with Crippen LogP contribution < -0.4 is 10.2 Å². The molecular formula is C18H29N3OS. The summed E-state index contributed by atoms with van der Waals surface area (Å²) in [7, 11) is 0. The predicted molar refractivity (Wildman–Crippen MR) is 100 cm³/mol. The van der Waals surface area contributed by atoms with Crippen LogP contribution in [0.4, 0.5) is 5.69 Å². The Kier molecular flexibility index (Phi) is 7.24. The third-order valence-electron chi connectivity index (χ3n) is 4.48. The van der Waals surface area contributed by atoms with Gasteiger partial charge in [-0.1, -0.05) is 18.2 Å². The van der Waals surface area contributed by atoms with Gasteiger partial charge in [0.05, 0.1) is 5.25 Å². The zero-order chi connectivity index (χ0) is 16.7. The van der Waals surface area contributed by atoms with Crippen molar-refractivity contribution in [2.24, 2.45) is 0 Å². The summed E-state index contributed by atoms with van der Waals surface area (Å²) in [5.74, 6) is 0.152. The van der Waals surface area contributed by atoms with E-state index in [0.717, 1.165) is 39.1 Å². The van der Waals surface area contributed by atoms with Gasteiger partial charge in [-0.05, 0) is 38.7 Å². The van der Waals surface area contributed by atoms with Gasteiger partial charge in [0.2, 0.25) is 5.91 Å². The summed E-state index contributed by atoms with van der Waals surface area (Å²) in [6, 6.07) is 10.9. The molecule has 0 saturated carbocycles. The van der Waals surface area contributed by atoms with E-state index in [2.05, 4.69) is 52.4 Å². The molecule has 1 aliphatic rings. The van der Waals surface area contributed by atoms with E-state index < -0.39 is 0 Å². The maximum absolute atomic E-state index is 11.9. The number of hydrogen-bond acceptors (Lipinski definition) is 4. The average Bonchev–Trinajstić information content (AvgIpc) is 2.60. The number of amides is 1. The Balaban J connectivity index is 1.67. The van der Waals surface area contributed by atoms with E-state index in [0.29, 0.717) is 0 Å². The first-order valence-electron chi connectivity index (χ1n) is 8.45. The van der Waals surface area contributed by atoms with Gasteiger partial charge in [-0.2, -0.15) is 11.8 Å². The largest absolute Gasteiger partial charge is 0.369 e. The van der Waals surface area contributed by atoms with Crippen molar-refractivity contribution < 1.29 is 4.79 Å². The SMILES string of the molecule is CSC(C)C(=O)NC(C)CCN1CCN(c2ccccc2)CC1. The fourth-order valence-corrected chi connectivity index (χ4v) is 3.07. The van der Waals surface area contributed by atoms with E-state index in [-0.39, 0.29) is 17.2 Å². The van der Waals surface area contributed by atoms with E-state index in [1.807, 2.05) is 13.2 Å². The van der Waals surface area contributed by atoms with Crippen molar-refractivity contribution in [2.75, 3.05) is 43.9 Å². The van der Waals surface area contributed by atoms with E-state index in [4.69, 9.17) is 0 Å². The van der Waals surface area contributed by atoms with Crippen molar-refractivity contribution >= 4 is 23.4 Å². The lowest BCUT2D eigenvalue weighted by Crippen LogP contribution is -2.48. The Morgan fingerprint density at radius 1 is 1.17 bits per heavy atom. The smallest absolute Gasteiger partial charge is 0.233 e. The van der Waals surface area contributed by atoms with Crippen LogP contribution in [0.5, 0.6) is 0 Å². The number of thioether (sulfide) groups is 1. The number of nitrogens with zero attached hydrogens (tertiary/aromatic N) is 2. The molecule has 128 valence electrons. The second-order valence-corrected chi connectivity index (χ2v) is 7.42. The number of hydrogen-bond donors (Lipinski definition) is 1. The summed E-state index contributed by atoms with van der Waals surface area (Å²) in [5, 5.41) is 3.14. The van der Waals surface area contributed by atoms with Crippen LogP contribution >= 0.6 is 11.8 Å². The summed E-state index contributed by atoms with van der Waals surface area (Å²) < 4.78 is 0. The lowest BCUT2D eigenvalue weighted by atomic mass is 10.2. The summed E-state index contributed by atoms with van der Waals surface area (Å²) in [5.41, 5.74) is 1.32. The minimum Gasteiger partial charge on any atom is -0.369 e. The Hall–Kier alpha value is -1.20. The lowest BCUT2D eigenvalue weighted by Gasteiger charge is -2.36. The topological polar surface area (TPSA) is 35.6 Å². The molecule has 1 aromatic rings. The first kappa shape index (κ1) is 18.1.